The number of benzene rings is 1. The van der Waals surface area contributed by atoms with Gasteiger partial charge in [0.2, 0.25) is 0 Å². The molecule has 1 aromatic rings. The molecule has 0 aliphatic carbocycles. The Morgan fingerprint density at radius 2 is 1.90 bits per heavy atom. The topological polar surface area (TPSA) is 61.8 Å². The Kier molecular flexibility index (Phi) is 6.11. The van der Waals surface area contributed by atoms with E-state index in [4.69, 9.17) is 16.3 Å². The van der Waals surface area contributed by atoms with Crippen molar-refractivity contribution >= 4 is 21.7 Å². The molecule has 0 fully saturated rings. The molecular formula is C11H12ClF3O5S. The van der Waals surface area contributed by atoms with Crippen molar-refractivity contribution in [3.63, 3.8) is 0 Å². The predicted molar refractivity (Wildman–Crippen MR) is 69.0 cm³/mol. The number of hydrogen-bond acceptors (Lipinski definition) is 5. The molecule has 0 spiro atoms. The lowest BCUT2D eigenvalue weighted by atomic mass is 10.3. The number of hydrogen-bond donors (Lipinski definition) is 0. The molecule has 0 amide bonds. The Bertz CT molecular complexity index is 574. The lowest BCUT2D eigenvalue weighted by Gasteiger charge is -2.11. The second-order valence-electron chi connectivity index (χ2n) is 3.87. The normalized spacial score (nSPS) is 12.2. The maximum Gasteiger partial charge on any atom is 0.573 e. The van der Waals surface area contributed by atoms with Crippen molar-refractivity contribution < 1.29 is 35.2 Å². The summed E-state index contributed by atoms with van der Waals surface area (Å²) in [4.78, 5) is 0. The van der Waals surface area contributed by atoms with Gasteiger partial charge in [-0.15, -0.1) is 13.2 Å². The van der Waals surface area contributed by atoms with Gasteiger partial charge in [0.1, 0.15) is 11.5 Å². The highest BCUT2D eigenvalue weighted by molar-refractivity contribution is 7.85. The van der Waals surface area contributed by atoms with Crippen molar-refractivity contribution in [1.29, 1.82) is 0 Å². The van der Waals surface area contributed by atoms with E-state index in [1.807, 2.05) is 0 Å². The van der Waals surface area contributed by atoms with Crippen LogP contribution in [0.5, 0.6) is 11.5 Å². The van der Waals surface area contributed by atoms with Gasteiger partial charge in [-0.2, -0.15) is 8.42 Å². The summed E-state index contributed by atoms with van der Waals surface area (Å²) < 4.78 is 70.7. The van der Waals surface area contributed by atoms with E-state index in [2.05, 4.69) is 8.92 Å². The van der Waals surface area contributed by atoms with Crippen LogP contribution in [0.15, 0.2) is 18.2 Å². The summed E-state index contributed by atoms with van der Waals surface area (Å²) in [7, 11) is -3.51. The van der Waals surface area contributed by atoms with Gasteiger partial charge in [-0.1, -0.05) is 11.6 Å². The molecule has 0 aromatic heterocycles. The summed E-state index contributed by atoms with van der Waals surface area (Å²) in [5.41, 5.74) is 0. The molecule has 0 aliphatic rings. The van der Waals surface area contributed by atoms with Crippen molar-refractivity contribution in [2.24, 2.45) is 0 Å². The minimum Gasteiger partial charge on any atom is -0.492 e. The monoisotopic (exact) mass is 348 g/mol. The SMILES string of the molecule is CS(=O)(=O)OCCCOc1ccc(OC(F)(F)F)cc1Cl. The third kappa shape index (κ3) is 7.98. The molecule has 0 saturated carbocycles. The smallest absolute Gasteiger partial charge is 0.492 e. The van der Waals surface area contributed by atoms with Gasteiger partial charge in [-0.05, 0) is 12.1 Å². The first-order valence-electron chi connectivity index (χ1n) is 5.59. The molecule has 0 radical (unpaired) electrons. The molecule has 0 atom stereocenters. The Balaban J connectivity index is 2.46. The lowest BCUT2D eigenvalue weighted by molar-refractivity contribution is -0.274. The zero-order valence-corrected chi connectivity index (χ0v) is 12.4. The maximum absolute atomic E-state index is 12.0. The van der Waals surface area contributed by atoms with Gasteiger partial charge >= 0.3 is 6.36 Å². The summed E-state index contributed by atoms with van der Waals surface area (Å²) in [6.45, 7) is 0.0282. The predicted octanol–water partition coefficient (Wildman–Crippen LogP) is 2.98. The summed E-state index contributed by atoms with van der Waals surface area (Å²) >= 11 is 5.74. The summed E-state index contributed by atoms with van der Waals surface area (Å²) in [6.07, 6.45) is -3.61. The van der Waals surface area contributed by atoms with Gasteiger partial charge in [-0.3, -0.25) is 4.18 Å². The molecular weight excluding hydrogens is 337 g/mol. The van der Waals surface area contributed by atoms with Gasteiger partial charge in [0.05, 0.1) is 24.5 Å². The highest BCUT2D eigenvalue weighted by atomic mass is 35.5. The van der Waals surface area contributed by atoms with Crippen molar-refractivity contribution in [2.75, 3.05) is 19.5 Å². The summed E-state index contributed by atoms with van der Waals surface area (Å²) in [5, 5.41) is -0.0548. The van der Waals surface area contributed by atoms with Crippen LogP contribution in [0.1, 0.15) is 6.42 Å². The quantitative estimate of drug-likeness (QED) is 0.560. The Morgan fingerprint density at radius 1 is 1.24 bits per heavy atom. The molecule has 0 unspecified atom stereocenters. The van der Waals surface area contributed by atoms with Gasteiger partial charge in [0, 0.05) is 12.5 Å². The molecule has 1 aromatic carbocycles. The van der Waals surface area contributed by atoms with E-state index < -0.39 is 22.2 Å². The standard InChI is InChI=1S/C11H12ClF3O5S/c1-21(16,17)19-6-2-5-18-10-4-3-8(7-9(10)12)20-11(13,14)15/h3-4,7H,2,5-6H2,1H3. The maximum atomic E-state index is 12.0. The number of ether oxygens (including phenoxy) is 2. The van der Waals surface area contributed by atoms with Gasteiger partial charge in [0.25, 0.3) is 10.1 Å². The molecule has 120 valence electrons. The van der Waals surface area contributed by atoms with Crippen molar-refractivity contribution in [3.8, 4) is 11.5 Å². The zero-order chi connectivity index (χ0) is 16.1. The molecule has 21 heavy (non-hydrogen) atoms. The molecule has 10 heteroatoms. The van der Waals surface area contributed by atoms with Crippen molar-refractivity contribution in [3.05, 3.63) is 23.2 Å². The van der Waals surface area contributed by atoms with Crippen LogP contribution >= 0.6 is 11.6 Å². The first-order valence-corrected chi connectivity index (χ1v) is 7.79. The van der Waals surface area contributed by atoms with Crippen LogP contribution in [-0.4, -0.2) is 34.2 Å². The van der Waals surface area contributed by atoms with Crippen molar-refractivity contribution in [1.82, 2.24) is 0 Å². The second kappa shape index (κ2) is 7.19. The molecule has 0 N–H and O–H groups in total. The fourth-order valence-corrected chi connectivity index (χ4v) is 1.89. The van der Waals surface area contributed by atoms with Crippen LogP contribution in [0.3, 0.4) is 0 Å². The van der Waals surface area contributed by atoms with Gasteiger partial charge in [-0.25, -0.2) is 0 Å². The van der Waals surface area contributed by atoms with E-state index in [-0.39, 0.29) is 30.4 Å². The summed E-state index contributed by atoms with van der Waals surface area (Å²) in [6, 6.07) is 3.25. The van der Waals surface area contributed by atoms with Crippen LogP contribution in [0.2, 0.25) is 5.02 Å². The van der Waals surface area contributed by atoms with Crippen molar-refractivity contribution in [2.45, 2.75) is 12.8 Å². The first kappa shape index (κ1) is 17.9. The number of halogens is 4. The highest BCUT2D eigenvalue weighted by Crippen LogP contribution is 2.31. The Labute approximate surface area is 124 Å². The fourth-order valence-electron chi connectivity index (χ4n) is 1.25. The third-order valence-corrected chi connectivity index (χ3v) is 2.87. The minimum absolute atomic E-state index is 0.0548. The number of alkyl halides is 3. The van der Waals surface area contributed by atoms with Crippen LogP contribution in [0, 0.1) is 0 Å². The molecule has 0 heterocycles. The van der Waals surface area contributed by atoms with Gasteiger partial charge < -0.3 is 9.47 Å². The molecule has 1 rings (SSSR count). The van der Waals surface area contributed by atoms with E-state index in [9.17, 15) is 21.6 Å². The minimum atomic E-state index is -4.80. The van der Waals surface area contributed by atoms with Gasteiger partial charge in [0.15, 0.2) is 0 Å². The second-order valence-corrected chi connectivity index (χ2v) is 5.92. The van der Waals surface area contributed by atoms with Crippen LogP contribution < -0.4 is 9.47 Å². The third-order valence-electron chi connectivity index (χ3n) is 1.98. The Morgan fingerprint density at radius 3 is 2.43 bits per heavy atom. The first-order chi connectivity index (χ1) is 9.57. The molecule has 0 aliphatic heterocycles. The van der Waals surface area contributed by atoms with Crippen LogP contribution in [-0.2, 0) is 14.3 Å². The number of rotatable bonds is 7. The van der Waals surface area contributed by atoms with E-state index in [0.29, 0.717) is 0 Å². The van der Waals surface area contributed by atoms with E-state index in [1.165, 1.54) is 6.07 Å². The van der Waals surface area contributed by atoms with E-state index in [0.717, 1.165) is 18.4 Å². The van der Waals surface area contributed by atoms with E-state index in [1.54, 1.807) is 0 Å². The summed E-state index contributed by atoms with van der Waals surface area (Å²) in [5.74, 6) is -0.300. The van der Waals surface area contributed by atoms with E-state index >= 15 is 0 Å². The molecule has 5 nitrogen and oxygen atoms in total. The lowest BCUT2D eigenvalue weighted by Crippen LogP contribution is -2.17. The fraction of sp³-hybridized carbons (Fsp3) is 0.455. The highest BCUT2D eigenvalue weighted by Gasteiger charge is 2.31. The molecule has 0 saturated heterocycles. The zero-order valence-electron chi connectivity index (χ0n) is 10.8. The Hall–Kier alpha value is -1.19. The largest absolute Gasteiger partial charge is 0.573 e. The average molecular weight is 349 g/mol. The van der Waals surface area contributed by atoms with Crippen LogP contribution in [0.25, 0.3) is 0 Å². The average Bonchev–Trinajstić information content (AvgIpc) is 2.27. The molecule has 0 bridgehead atoms. The van der Waals surface area contributed by atoms with Crippen LogP contribution in [0.4, 0.5) is 13.2 Å².